The number of hydrogen-bond acceptors (Lipinski definition) is 3. The van der Waals surface area contributed by atoms with E-state index in [1.807, 2.05) is 7.05 Å². The van der Waals surface area contributed by atoms with Gasteiger partial charge in [-0.15, -0.1) is 0 Å². The van der Waals surface area contributed by atoms with Crippen molar-refractivity contribution in [2.24, 2.45) is 5.73 Å². The quantitative estimate of drug-likeness (QED) is 0.557. The van der Waals surface area contributed by atoms with Crippen LogP contribution in [0.15, 0.2) is 0 Å². The van der Waals surface area contributed by atoms with Gasteiger partial charge in [0.15, 0.2) is 0 Å². The first-order valence-electron chi connectivity index (χ1n) is 3.67. The maximum absolute atomic E-state index is 5.42. The van der Waals surface area contributed by atoms with E-state index in [1.165, 1.54) is 0 Å². The first-order valence-corrected chi connectivity index (χ1v) is 3.67. The Kier molecular flexibility index (Phi) is 3.86. The lowest BCUT2D eigenvalue weighted by atomic mass is 10.1. The van der Waals surface area contributed by atoms with Gasteiger partial charge in [0.1, 0.15) is 0 Å². The molecule has 3 N–H and O–H groups in total. The molecule has 0 fully saturated rings. The van der Waals surface area contributed by atoms with E-state index in [0.29, 0.717) is 6.54 Å². The van der Waals surface area contributed by atoms with E-state index < -0.39 is 0 Å². The van der Waals surface area contributed by atoms with Crippen LogP contribution in [-0.2, 0) is 0 Å². The van der Waals surface area contributed by atoms with Crippen LogP contribution in [0.1, 0.15) is 20.8 Å². The van der Waals surface area contributed by atoms with Crippen LogP contribution in [-0.4, -0.2) is 30.7 Å². The Morgan fingerprint density at radius 2 is 1.90 bits per heavy atom. The zero-order valence-corrected chi connectivity index (χ0v) is 7.44. The lowest BCUT2D eigenvalue weighted by Gasteiger charge is -2.34. The molecule has 0 rings (SSSR count). The number of nitrogens with one attached hydrogen (secondary N) is 1. The third kappa shape index (κ3) is 3.15. The highest BCUT2D eigenvalue weighted by atomic mass is 15.5. The van der Waals surface area contributed by atoms with Gasteiger partial charge in [-0.2, -0.15) is 0 Å². The van der Waals surface area contributed by atoms with Gasteiger partial charge in [0.05, 0.1) is 0 Å². The van der Waals surface area contributed by atoms with Gasteiger partial charge in [-0.25, -0.2) is 5.01 Å². The lowest BCUT2D eigenvalue weighted by molar-refractivity contribution is 0.0893. The molecule has 0 unspecified atom stereocenters. The molecule has 3 nitrogen and oxygen atoms in total. The van der Waals surface area contributed by atoms with Crippen LogP contribution in [0.25, 0.3) is 0 Å². The van der Waals surface area contributed by atoms with Gasteiger partial charge >= 0.3 is 0 Å². The van der Waals surface area contributed by atoms with E-state index in [4.69, 9.17) is 5.73 Å². The second-order valence-corrected chi connectivity index (χ2v) is 3.33. The molecule has 10 heavy (non-hydrogen) atoms. The Labute approximate surface area is 63.5 Å². The van der Waals surface area contributed by atoms with Crippen molar-refractivity contribution in [1.82, 2.24) is 10.4 Å². The highest BCUT2D eigenvalue weighted by Crippen LogP contribution is 2.07. The average Bonchev–Trinajstić information content (AvgIpc) is 1.80. The van der Waals surface area contributed by atoms with Crippen LogP contribution >= 0.6 is 0 Å². The van der Waals surface area contributed by atoms with Gasteiger partial charge in [-0.1, -0.05) is 0 Å². The molecule has 0 aromatic heterocycles. The van der Waals surface area contributed by atoms with Crippen LogP contribution in [0.2, 0.25) is 0 Å². The summed E-state index contributed by atoms with van der Waals surface area (Å²) >= 11 is 0. The van der Waals surface area contributed by atoms with Crippen LogP contribution in [0.5, 0.6) is 0 Å². The second kappa shape index (κ2) is 3.91. The first-order chi connectivity index (χ1) is 4.52. The lowest BCUT2D eigenvalue weighted by Crippen LogP contribution is -2.50. The van der Waals surface area contributed by atoms with Crippen molar-refractivity contribution in [3.63, 3.8) is 0 Å². The summed E-state index contributed by atoms with van der Waals surface area (Å²) in [5.74, 6) is 0. The van der Waals surface area contributed by atoms with Crippen molar-refractivity contribution < 1.29 is 0 Å². The van der Waals surface area contributed by atoms with E-state index in [9.17, 15) is 0 Å². The van der Waals surface area contributed by atoms with Crippen molar-refractivity contribution in [3.05, 3.63) is 0 Å². The Bertz CT molecular complexity index is 85.3. The molecule has 0 atom stereocenters. The zero-order chi connectivity index (χ0) is 8.20. The molecule has 0 heterocycles. The van der Waals surface area contributed by atoms with Crippen LogP contribution in [0.4, 0.5) is 0 Å². The zero-order valence-electron chi connectivity index (χ0n) is 7.44. The summed E-state index contributed by atoms with van der Waals surface area (Å²) < 4.78 is 0. The molecular weight excluding hydrogens is 126 g/mol. The summed E-state index contributed by atoms with van der Waals surface area (Å²) in [4.78, 5) is 0. The number of rotatable bonds is 3. The minimum Gasteiger partial charge on any atom is -0.329 e. The standard InChI is InChI=1S/C7H19N3/c1-7(2,3)10(9-4)6-5-8/h9H,5-6,8H2,1-4H3. The molecule has 0 saturated heterocycles. The summed E-state index contributed by atoms with van der Waals surface area (Å²) in [6, 6.07) is 0. The molecule has 0 saturated carbocycles. The van der Waals surface area contributed by atoms with Gasteiger partial charge < -0.3 is 5.73 Å². The average molecular weight is 145 g/mol. The predicted molar refractivity (Wildman–Crippen MR) is 44.6 cm³/mol. The largest absolute Gasteiger partial charge is 0.329 e. The molecule has 0 aromatic rings. The molecule has 0 aliphatic rings. The van der Waals surface area contributed by atoms with Gasteiger partial charge in [-0.05, 0) is 27.8 Å². The van der Waals surface area contributed by atoms with Gasteiger partial charge in [-0.3, -0.25) is 5.43 Å². The highest BCUT2D eigenvalue weighted by Gasteiger charge is 2.17. The van der Waals surface area contributed by atoms with Gasteiger partial charge in [0.25, 0.3) is 0 Å². The molecule has 62 valence electrons. The van der Waals surface area contributed by atoms with Crippen molar-refractivity contribution in [1.29, 1.82) is 0 Å². The van der Waals surface area contributed by atoms with Crippen LogP contribution in [0, 0.1) is 0 Å². The Morgan fingerprint density at radius 3 is 2.00 bits per heavy atom. The molecule has 0 aliphatic carbocycles. The minimum absolute atomic E-state index is 0.161. The summed E-state index contributed by atoms with van der Waals surface area (Å²) in [6.45, 7) is 8.04. The van der Waals surface area contributed by atoms with Gasteiger partial charge in [0.2, 0.25) is 0 Å². The van der Waals surface area contributed by atoms with E-state index in [1.54, 1.807) is 0 Å². The number of hydrazine groups is 1. The monoisotopic (exact) mass is 145 g/mol. The molecule has 0 spiro atoms. The number of nitrogens with zero attached hydrogens (tertiary/aromatic N) is 1. The Hall–Kier alpha value is -0.120. The van der Waals surface area contributed by atoms with E-state index in [2.05, 4.69) is 31.2 Å². The van der Waals surface area contributed by atoms with Gasteiger partial charge in [0, 0.05) is 18.6 Å². The van der Waals surface area contributed by atoms with Crippen LogP contribution < -0.4 is 11.2 Å². The van der Waals surface area contributed by atoms with Crippen molar-refractivity contribution >= 4 is 0 Å². The van der Waals surface area contributed by atoms with Crippen molar-refractivity contribution in [3.8, 4) is 0 Å². The number of nitrogens with two attached hydrogens (primary N) is 1. The highest BCUT2D eigenvalue weighted by molar-refractivity contribution is 4.71. The molecule has 0 amide bonds. The number of hydrogen-bond donors (Lipinski definition) is 2. The molecule has 0 aliphatic heterocycles. The summed E-state index contributed by atoms with van der Waals surface area (Å²) in [6.07, 6.45) is 0. The Balaban J connectivity index is 3.81. The fourth-order valence-corrected chi connectivity index (χ4v) is 0.912. The van der Waals surface area contributed by atoms with Crippen molar-refractivity contribution in [2.75, 3.05) is 20.1 Å². The topological polar surface area (TPSA) is 41.3 Å². The maximum Gasteiger partial charge on any atom is 0.0270 e. The third-order valence-electron chi connectivity index (χ3n) is 1.43. The fraction of sp³-hybridized carbons (Fsp3) is 1.00. The molecule has 0 bridgehead atoms. The summed E-state index contributed by atoms with van der Waals surface area (Å²) in [5.41, 5.74) is 8.68. The van der Waals surface area contributed by atoms with Crippen molar-refractivity contribution in [2.45, 2.75) is 26.3 Å². The summed E-state index contributed by atoms with van der Waals surface area (Å²) in [5, 5.41) is 2.12. The molecule has 0 aromatic carbocycles. The van der Waals surface area contributed by atoms with E-state index in [0.717, 1.165) is 6.54 Å². The van der Waals surface area contributed by atoms with E-state index >= 15 is 0 Å². The Morgan fingerprint density at radius 1 is 1.40 bits per heavy atom. The minimum atomic E-state index is 0.161. The normalized spacial score (nSPS) is 12.6. The fourth-order valence-electron chi connectivity index (χ4n) is 0.912. The SMILES string of the molecule is CNN(CCN)C(C)(C)C. The smallest absolute Gasteiger partial charge is 0.0270 e. The van der Waals surface area contributed by atoms with Crippen LogP contribution in [0.3, 0.4) is 0 Å². The summed E-state index contributed by atoms with van der Waals surface area (Å²) in [7, 11) is 1.92. The molecule has 0 radical (unpaired) electrons. The molecule has 3 heteroatoms. The maximum atomic E-state index is 5.42. The molecular formula is C7H19N3. The first kappa shape index (κ1) is 9.88. The second-order valence-electron chi connectivity index (χ2n) is 3.33. The third-order valence-corrected chi connectivity index (χ3v) is 1.43. The predicted octanol–water partition coefficient (Wildman–Crippen LogP) is 0.180. The van der Waals surface area contributed by atoms with E-state index in [-0.39, 0.29) is 5.54 Å².